The highest BCUT2D eigenvalue weighted by Crippen LogP contribution is 2.28. The van der Waals surface area contributed by atoms with E-state index in [4.69, 9.17) is 0 Å². The number of para-hydroxylation sites is 1. The Balaban J connectivity index is 1.44. The van der Waals surface area contributed by atoms with E-state index >= 15 is 0 Å². The summed E-state index contributed by atoms with van der Waals surface area (Å²) in [5.41, 5.74) is 7.26. The van der Waals surface area contributed by atoms with Gasteiger partial charge in [-0.25, -0.2) is 0 Å². The van der Waals surface area contributed by atoms with E-state index in [2.05, 4.69) is 21.0 Å². The SMILES string of the molecule is O=C(NNC(=O)c1n[nH]c2ccccc12)c1cc2c(s1)CCCCC2. The summed E-state index contributed by atoms with van der Waals surface area (Å²) < 4.78 is 0. The number of carbonyl (C=O) groups is 2. The summed E-state index contributed by atoms with van der Waals surface area (Å²) in [5.74, 6) is -0.727. The fraction of sp³-hybridized carbons (Fsp3) is 0.278. The van der Waals surface area contributed by atoms with Gasteiger partial charge < -0.3 is 0 Å². The second-order valence-electron chi connectivity index (χ2n) is 6.15. The highest BCUT2D eigenvalue weighted by molar-refractivity contribution is 7.14. The number of nitrogens with one attached hydrogen (secondary N) is 3. The largest absolute Gasteiger partial charge is 0.290 e. The van der Waals surface area contributed by atoms with Crippen molar-refractivity contribution in [3.8, 4) is 0 Å². The van der Waals surface area contributed by atoms with Gasteiger partial charge in [0.2, 0.25) is 0 Å². The van der Waals surface area contributed by atoms with Crippen LogP contribution in [0.25, 0.3) is 10.9 Å². The van der Waals surface area contributed by atoms with Crippen molar-refractivity contribution in [2.45, 2.75) is 32.1 Å². The average molecular weight is 354 g/mol. The number of hydrogen-bond donors (Lipinski definition) is 3. The van der Waals surface area contributed by atoms with Crippen molar-refractivity contribution in [3.63, 3.8) is 0 Å². The van der Waals surface area contributed by atoms with Gasteiger partial charge in [0.1, 0.15) is 0 Å². The molecule has 1 aliphatic rings. The van der Waals surface area contributed by atoms with Gasteiger partial charge in [0.15, 0.2) is 5.69 Å². The number of hydrogen-bond acceptors (Lipinski definition) is 4. The highest BCUT2D eigenvalue weighted by Gasteiger charge is 2.18. The Hall–Kier alpha value is -2.67. The third-order valence-electron chi connectivity index (χ3n) is 4.45. The van der Waals surface area contributed by atoms with E-state index in [0.29, 0.717) is 4.88 Å². The van der Waals surface area contributed by atoms with Crippen LogP contribution in [0, 0.1) is 0 Å². The number of amides is 2. The zero-order chi connectivity index (χ0) is 17.2. The third kappa shape index (κ3) is 3.15. The lowest BCUT2D eigenvalue weighted by molar-refractivity contribution is 0.0847. The van der Waals surface area contributed by atoms with Crippen molar-refractivity contribution in [3.05, 3.63) is 51.3 Å². The van der Waals surface area contributed by atoms with Crippen LogP contribution in [0.2, 0.25) is 0 Å². The first-order valence-electron chi connectivity index (χ1n) is 8.38. The average Bonchev–Trinajstić information content (AvgIpc) is 3.18. The van der Waals surface area contributed by atoms with Crippen molar-refractivity contribution in [2.75, 3.05) is 0 Å². The van der Waals surface area contributed by atoms with Crippen LogP contribution in [0.15, 0.2) is 30.3 Å². The second kappa shape index (κ2) is 6.68. The molecule has 3 N–H and O–H groups in total. The smallest absolute Gasteiger partial charge is 0.277 e. The molecule has 4 rings (SSSR count). The fourth-order valence-corrected chi connectivity index (χ4v) is 4.30. The summed E-state index contributed by atoms with van der Waals surface area (Å²) in [6, 6.07) is 9.32. The van der Waals surface area contributed by atoms with Gasteiger partial charge >= 0.3 is 0 Å². The number of carbonyl (C=O) groups excluding carboxylic acids is 2. The quantitative estimate of drug-likeness (QED) is 0.488. The van der Waals surface area contributed by atoms with Gasteiger partial charge in [0.25, 0.3) is 11.8 Å². The van der Waals surface area contributed by atoms with Crippen molar-refractivity contribution in [2.24, 2.45) is 0 Å². The summed E-state index contributed by atoms with van der Waals surface area (Å²) in [5, 5.41) is 7.55. The van der Waals surface area contributed by atoms with E-state index in [1.54, 1.807) is 0 Å². The summed E-state index contributed by atoms with van der Waals surface area (Å²) >= 11 is 1.52. The minimum absolute atomic E-state index is 0.262. The molecule has 0 fully saturated rings. The molecular weight excluding hydrogens is 336 g/mol. The van der Waals surface area contributed by atoms with Gasteiger partial charge in [-0.3, -0.25) is 25.5 Å². The molecule has 0 radical (unpaired) electrons. The van der Waals surface area contributed by atoms with E-state index in [1.165, 1.54) is 41.0 Å². The van der Waals surface area contributed by atoms with E-state index in [1.807, 2.05) is 30.3 Å². The van der Waals surface area contributed by atoms with Crippen LogP contribution in [0.4, 0.5) is 0 Å². The minimum Gasteiger partial charge on any atom is -0.277 e. The van der Waals surface area contributed by atoms with E-state index in [-0.39, 0.29) is 11.6 Å². The summed E-state index contributed by atoms with van der Waals surface area (Å²) in [6.45, 7) is 0. The molecular formula is C18H18N4O2S. The first-order chi connectivity index (χ1) is 12.2. The van der Waals surface area contributed by atoms with Gasteiger partial charge in [0.05, 0.1) is 10.4 Å². The molecule has 6 nitrogen and oxygen atoms in total. The molecule has 1 aliphatic carbocycles. The van der Waals surface area contributed by atoms with Crippen molar-refractivity contribution in [1.29, 1.82) is 0 Å². The van der Waals surface area contributed by atoms with Gasteiger partial charge in [-0.1, -0.05) is 24.6 Å². The van der Waals surface area contributed by atoms with Crippen molar-refractivity contribution >= 4 is 34.1 Å². The molecule has 0 atom stereocenters. The molecule has 2 aromatic heterocycles. The Morgan fingerprint density at radius 3 is 2.76 bits per heavy atom. The summed E-state index contributed by atoms with van der Waals surface area (Å²) in [7, 11) is 0. The van der Waals surface area contributed by atoms with Crippen LogP contribution >= 0.6 is 11.3 Å². The zero-order valence-corrected chi connectivity index (χ0v) is 14.4. The lowest BCUT2D eigenvalue weighted by Gasteiger charge is -2.04. The number of H-pyrrole nitrogens is 1. The topological polar surface area (TPSA) is 86.9 Å². The summed E-state index contributed by atoms with van der Waals surface area (Å²) in [6.07, 6.45) is 5.67. The van der Waals surface area contributed by atoms with Crippen LogP contribution < -0.4 is 10.9 Å². The van der Waals surface area contributed by atoms with Crippen LogP contribution in [0.5, 0.6) is 0 Å². The van der Waals surface area contributed by atoms with Crippen LogP contribution in [-0.2, 0) is 12.8 Å². The Morgan fingerprint density at radius 1 is 1.04 bits per heavy atom. The molecule has 128 valence electrons. The fourth-order valence-electron chi connectivity index (χ4n) is 3.15. The second-order valence-corrected chi connectivity index (χ2v) is 7.28. The summed E-state index contributed by atoms with van der Waals surface area (Å²) in [4.78, 5) is 26.6. The zero-order valence-electron chi connectivity index (χ0n) is 13.6. The lowest BCUT2D eigenvalue weighted by Crippen LogP contribution is -2.41. The molecule has 1 aromatic carbocycles. The first kappa shape index (κ1) is 15.8. The molecule has 3 aromatic rings. The molecule has 2 amide bonds. The molecule has 2 heterocycles. The predicted octanol–water partition coefficient (Wildman–Crippen LogP) is 2.97. The number of rotatable bonds is 2. The van der Waals surface area contributed by atoms with Gasteiger partial charge in [-0.15, -0.1) is 11.3 Å². The monoisotopic (exact) mass is 354 g/mol. The Kier molecular flexibility index (Phi) is 4.23. The van der Waals surface area contributed by atoms with Crippen LogP contribution in [-0.4, -0.2) is 22.0 Å². The van der Waals surface area contributed by atoms with E-state index in [0.717, 1.165) is 23.7 Å². The number of thiophene rings is 1. The molecule has 25 heavy (non-hydrogen) atoms. The maximum atomic E-state index is 12.3. The molecule has 0 aliphatic heterocycles. The molecule has 0 saturated carbocycles. The van der Waals surface area contributed by atoms with Gasteiger partial charge in [-0.2, -0.15) is 5.10 Å². The van der Waals surface area contributed by atoms with Crippen molar-refractivity contribution in [1.82, 2.24) is 21.0 Å². The first-order valence-corrected chi connectivity index (χ1v) is 9.19. The number of aryl methyl sites for hydroxylation is 2. The highest BCUT2D eigenvalue weighted by atomic mass is 32.1. The van der Waals surface area contributed by atoms with E-state index in [9.17, 15) is 9.59 Å². The number of benzene rings is 1. The maximum absolute atomic E-state index is 12.3. The Morgan fingerprint density at radius 2 is 1.84 bits per heavy atom. The van der Waals surface area contributed by atoms with Gasteiger partial charge in [0, 0.05) is 10.3 Å². The Bertz CT molecular complexity index is 920. The molecule has 0 bridgehead atoms. The molecule has 7 heteroatoms. The number of hydrazine groups is 1. The van der Waals surface area contributed by atoms with Crippen LogP contribution in [0.3, 0.4) is 0 Å². The van der Waals surface area contributed by atoms with Gasteiger partial charge in [-0.05, 0) is 43.4 Å². The normalized spacial score (nSPS) is 13.9. The van der Waals surface area contributed by atoms with Crippen LogP contribution in [0.1, 0.15) is 49.9 Å². The van der Waals surface area contributed by atoms with Crippen molar-refractivity contribution < 1.29 is 9.59 Å². The maximum Gasteiger partial charge on any atom is 0.290 e. The predicted molar refractivity (Wildman–Crippen MR) is 96.6 cm³/mol. The molecule has 0 spiro atoms. The number of nitrogens with zero attached hydrogens (tertiary/aromatic N) is 1. The molecule has 0 saturated heterocycles. The standard InChI is InChI=1S/C18H18N4O2S/c23-17(15-10-11-6-2-1-3-9-14(11)25-15)21-22-18(24)16-12-7-4-5-8-13(12)19-20-16/h4-5,7-8,10H,1-3,6,9H2,(H,19,20)(H,21,23)(H,22,24). The number of aromatic amines is 1. The number of aromatic nitrogens is 2. The minimum atomic E-state index is -0.441. The lowest BCUT2D eigenvalue weighted by atomic mass is 10.1. The number of fused-ring (bicyclic) bond motifs is 2. The Labute approximate surface area is 148 Å². The molecule has 0 unspecified atom stereocenters. The third-order valence-corrected chi connectivity index (χ3v) is 5.68. The van der Waals surface area contributed by atoms with E-state index < -0.39 is 5.91 Å².